The predicted octanol–water partition coefficient (Wildman–Crippen LogP) is 3.73. The van der Waals surface area contributed by atoms with E-state index in [-0.39, 0.29) is 23.7 Å². The Balaban J connectivity index is 2.23. The zero-order valence-corrected chi connectivity index (χ0v) is 13.7. The van der Waals surface area contributed by atoms with Crippen molar-refractivity contribution < 1.29 is 27.1 Å². The molecule has 1 aromatic heterocycles. The van der Waals surface area contributed by atoms with Gasteiger partial charge in [0, 0.05) is 6.07 Å². The number of nitrogens with zero attached hydrogens (tertiary/aromatic N) is 3. The number of carbonyl (C=O) groups is 1. The summed E-state index contributed by atoms with van der Waals surface area (Å²) in [4.78, 5) is 16.5. The monoisotopic (exact) mass is 369 g/mol. The molecule has 0 N–H and O–H groups in total. The van der Waals surface area contributed by atoms with E-state index < -0.39 is 36.3 Å². The van der Waals surface area contributed by atoms with Crippen molar-refractivity contribution in [1.82, 2.24) is 9.78 Å². The second-order valence-electron chi connectivity index (χ2n) is 5.63. The Hall–Kier alpha value is -2.71. The second-order valence-corrected chi connectivity index (χ2v) is 5.63. The third-order valence-corrected chi connectivity index (χ3v) is 4.11. The molecule has 0 spiro atoms. The Kier molecular flexibility index (Phi) is 4.80. The van der Waals surface area contributed by atoms with Crippen molar-refractivity contribution in [2.45, 2.75) is 19.1 Å². The van der Waals surface area contributed by atoms with Gasteiger partial charge in [0.2, 0.25) is 0 Å². The van der Waals surface area contributed by atoms with Crippen LogP contribution in [0.3, 0.4) is 0 Å². The smallest absolute Gasteiger partial charge is 0.416 e. The fourth-order valence-electron chi connectivity index (χ4n) is 3.08. The summed E-state index contributed by atoms with van der Waals surface area (Å²) in [6.45, 7) is 0.485. The van der Waals surface area contributed by atoms with E-state index in [9.17, 15) is 22.4 Å². The van der Waals surface area contributed by atoms with Crippen LogP contribution in [0.2, 0.25) is 0 Å². The molecular formula is C17H15F4N3O2. The van der Waals surface area contributed by atoms with E-state index in [4.69, 9.17) is 4.74 Å². The summed E-state index contributed by atoms with van der Waals surface area (Å²) in [6.07, 6.45) is -3.31. The van der Waals surface area contributed by atoms with Gasteiger partial charge in [-0.1, -0.05) is 18.2 Å². The molecule has 3 rings (SSSR count). The molecule has 1 aromatic carbocycles. The summed E-state index contributed by atoms with van der Waals surface area (Å²) in [7, 11) is 0. The minimum atomic E-state index is -4.65. The van der Waals surface area contributed by atoms with Gasteiger partial charge in [-0.15, -0.1) is 0 Å². The van der Waals surface area contributed by atoms with Gasteiger partial charge in [-0.25, -0.2) is 14.1 Å². The van der Waals surface area contributed by atoms with E-state index in [0.717, 1.165) is 6.07 Å². The number of aromatic nitrogens is 2. The first-order valence-corrected chi connectivity index (χ1v) is 7.88. The van der Waals surface area contributed by atoms with Gasteiger partial charge in [0.1, 0.15) is 12.6 Å². The zero-order chi connectivity index (χ0) is 18.9. The number of hydrogen-bond acceptors (Lipinski definition) is 4. The maximum absolute atomic E-state index is 13.6. The van der Waals surface area contributed by atoms with Crippen molar-refractivity contribution >= 4 is 17.5 Å². The highest BCUT2D eigenvalue weighted by atomic mass is 19.4. The Bertz CT molecular complexity index is 845. The van der Waals surface area contributed by atoms with Gasteiger partial charge in [-0.05, 0) is 18.6 Å². The minimum Gasteiger partial charge on any atom is -0.465 e. The van der Waals surface area contributed by atoms with Crippen LogP contribution in [0.4, 0.5) is 23.4 Å². The number of aliphatic imine (C=N–C) groups is 1. The molecule has 5 nitrogen and oxygen atoms in total. The van der Waals surface area contributed by atoms with Crippen LogP contribution in [-0.2, 0) is 15.7 Å². The average molecular weight is 369 g/mol. The van der Waals surface area contributed by atoms with E-state index in [1.54, 1.807) is 6.92 Å². The molecule has 0 saturated heterocycles. The Morgan fingerprint density at radius 1 is 1.27 bits per heavy atom. The molecule has 9 heteroatoms. The molecule has 0 aliphatic carbocycles. The second kappa shape index (κ2) is 6.89. The Morgan fingerprint density at radius 2 is 2.00 bits per heavy atom. The van der Waals surface area contributed by atoms with Crippen molar-refractivity contribution in [3.05, 3.63) is 47.7 Å². The molecule has 2 aromatic rings. The largest absolute Gasteiger partial charge is 0.465 e. The van der Waals surface area contributed by atoms with E-state index in [1.165, 1.54) is 35.1 Å². The maximum atomic E-state index is 13.6. The Labute approximate surface area is 146 Å². The number of esters is 1. The normalized spacial score (nSPS) is 19.7. The van der Waals surface area contributed by atoms with E-state index in [2.05, 4.69) is 10.1 Å². The highest BCUT2D eigenvalue weighted by Gasteiger charge is 2.44. The summed E-state index contributed by atoms with van der Waals surface area (Å²) in [5, 5.41) is 4.01. The van der Waals surface area contributed by atoms with Gasteiger partial charge >= 0.3 is 12.1 Å². The summed E-state index contributed by atoms with van der Waals surface area (Å²) in [6, 6.07) is 5.09. The standard InChI is InChI=1S/C17H15F4N3O2/c1-2-26-16(25)14-12(9-18)23-13-7-8-22-24(13)15(14)10-5-3-4-6-11(10)17(19,20)21/h3-8,14-15H,2,9H2,1H3. The van der Waals surface area contributed by atoms with Crippen LogP contribution in [0.1, 0.15) is 24.1 Å². The summed E-state index contributed by atoms with van der Waals surface area (Å²) >= 11 is 0. The van der Waals surface area contributed by atoms with Crippen LogP contribution >= 0.6 is 0 Å². The molecule has 2 atom stereocenters. The number of alkyl halides is 4. The highest BCUT2D eigenvalue weighted by Crippen LogP contribution is 2.42. The molecule has 26 heavy (non-hydrogen) atoms. The van der Waals surface area contributed by atoms with Crippen molar-refractivity contribution in [1.29, 1.82) is 0 Å². The highest BCUT2D eigenvalue weighted by molar-refractivity contribution is 6.05. The van der Waals surface area contributed by atoms with Crippen LogP contribution in [-0.4, -0.2) is 34.7 Å². The van der Waals surface area contributed by atoms with Crippen molar-refractivity contribution in [3.8, 4) is 0 Å². The van der Waals surface area contributed by atoms with Gasteiger partial charge in [0.15, 0.2) is 5.82 Å². The van der Waals surface area contributed by atoms with E-state index in [1.807, 2.05) is 0 Å². The summed E-state index contributed by atoms with van der Waals surface area (Å²) < 4.78 is 60.3. The molecule has 2 heterocycles. The molecule has 138 valence electrons. The Morgan fingerprint density at radius 3 is 2.65 bits per heavy atom. The van der Waals surface area contributed by atoms with Gasteiger partial charge in [-0.2, -0.15) is 18.3 Å². The maximum Gasteiger partial charge on any atom is 0.416 e. The molecule has 0 fully saturated rings. The number of rotatable bonds is 4. The van der Waals surface area contributed by atoms with Gasteiger partial charge in [0.25, 0.3) is 0 Å². The summed E-state index contributed by atoms with van der Waals surface area (Å²) in [5.41, 5.74) is -1.29. The van der Waals surface area contributed by atoms with Gasteiger partial charge in [0.05, 0.1) is 30.1 Å². The number of halogens is 4. The number of ether oxygens (including phenoxy) is 1. The SMILES string of the molecule is CCOC(=O)C1C(CF)=Nc2ccnn2C1c1ccccc1C(F)(F)F. The predicted molar refractivity (Wildman–Crippen MR) is 85.0 cm³/mol. The average Bonchev–Trinajstić information content (AvgIpc) is 3.07. The van der Waals surface area contributed by atoms with Crippen LogP contribution < -0.4 is 0 Å². The first kappa shape index (κ1) is 18.1. The van der Waals surface area contributed by atoms with Crippen molar-refractivity contribution in [2.24, 2.45) is 10.9 Å². The lowest BCUT2D eigenvalue weighted by Gasteiger charge is -2.32. The van der Waals surface area contributed by atoms with Gasteiger partial charge < -0.3 is 4.74 Å². The quantitative estimate of drug-likeness (QED) is 0.610. The zero-order valence-electron chi connectivity index (χ0n) is 13.7. The van der Waals surface area contributed by atoms with E-state index in [0.29, 0.717) is 0 Å². The third kappa shape index (κ3) is 3.09. The number of hydrogen-bond donors (Lipinski definition) is 0. The van der Waals surface area contributed by atoms with Crippen molar-refractivity contribution in [2.75, 3.05) is 13.3 Å². The van der Waals surface area contributed by atoms with Crippen LogP contribution in [0, 0.1) is 5.92 Å². The van der Waals surface area contributed by atoms with Crippen LogP contribution in [0.15, 0.2) is 41.5 Å². The lowest BCUT2D eigenvalue weighted by molar-refractivity contribution is -0.147. The molecule has 0 radical (unpaired) electrons. The molecule has 1 aliphatic rings. The van der Waals surface area contributed by atoms with Crippen molar-refractivity contribution in [3.63, 3.8) is 0 Å². The van der Waals surface area contributed by atoms with E-state index >= 15 is 0 Å². The minimum absolute atomic E-state index is 0.00843. The molecular weight excluding hydrogens is 354 g/mol. The summed E-state index contributed by atoms with van der Waals surface area (Å²) in [5.74, 6) is -2.00. The third-order valence-electron chi connectivity index (χ3n) is 4.11. The molecule has 2 unspecified atom stereocenters. The molecule has 0 amide bonds. The molecule has 1 aliphatic heterocycles. The molecule has 0 bridgehead atoms. The fourth-order valence-corrected chi connectivity index (χ4v) is 3.08. The van der Waals surface area contributed by atoms with Crippen LogP contribution in [0.25, 0.3) is 0 Å². The molecule has 0 saturated carbocycles. The van der Waals surface area contributed by atoms with Crippen LogP contribution in [0.5, 0.6) is 0 Å². The first-order chi connectivity index (χ1) is 12.4. The first-order valence-electron chi connectivity index (χ1n) is 7.88. The number of benzene rings is 1. The number of carbonyl (C=O) groups excluding carboxylic acids is 1. The fraction of sp³-hybridized carbons (Fsp3) is 0.353. The lowest BCUT2D eigenvalue weighted by Crippen LogP contribution is -2.39. The number of fused-ring (bicyclic) bond motifs is 1. The topological polar surface area (TPSA) is 56.5 Å². The lowest BCUT2D eigenvalue weighted by atomic mass is 9.85. The van der Waals surface area contributed by atoms with Gasteiger partial charge in [-0.3, -0.25) is 4.79 Å².